The fourth-order valence-electron chi connectivity index (χ4n) is 0.654. The van der Waals surface area contributed by atoms with E-state index in [0.717, 1.165) is 0 Å². The van der Waals surface area contributed by atoms with Gasteiger partial charge in [0, 0.05) is 13.7 Å². The SMILES string of the molecule is CCCS(=O)(=O)OOCCCOC. The van der Waals surface area contributed by atoms with Crippen LogP contribution in [0.2, 0.25) is 0 Å². The lowest BCUT2D eigenvalue weighted by Crippen LogP contribution is -2.11. The molecule has 0 radical (unpaired) electrons. The van der Waals surface area contributed by atoms with E-state index in [0.29, 0.717) is 19.4 Å². The van der Waals surface area contributed by atoms with Gasteiger partial charge in [0.2, 0.25) is 0 Å². The highest BCUT2D eigenvalue weighted by atomic mass is 32.2. The quantitative estimate of drug-likeness (QED) is 0.337. The third-order valence-electron chi connectivity index (χ3n) is 1.18. The van der Waals surface area contributed by atoms with E-state index < -0.39 is 10.1 Å². The van der Waals surface area contributed by atoms with Crippen LogP contribution < -0.4 is 0 Å². The van der Waals surface area contributed by atoms with E-state index in [2.05, 4.69) is 9.22 Å². The van der Waals surface area contributed by atoms with E-state index >= 15 is 0 Å². The molecular weight excluding hydrogens is 196 g/mol. The molecule has 0 rings (SSSR count). The van der Waals surface area contributed by atoms with Crippen molar-refractivity contribution >= 4 is 10.1 Å². The van der Waals surface area contributed by atoms with E-state index in [1.54, 1.807) is 14.0 Å². The Morgan fingerprint density at radius 3 is 2.46 bits per heavy atom. The van der Waals surface area contributed by atoms with Gasteiger partial charge in [0.1, 0.15) is 0 Å². The number of rotatable bonds is 8. The normalized spacial score (nSPS) is 11.8. The van der Waals surface area contributed by atoms with Crippen molar-refractivity contribution in [2.45, 2.75) is 19.8 Å². The van der Waals surface area contributed by atoms with Crippen molar-refractivity contribution in [2.75, 3.05) is 26.1 Å². The molecular formula is C7H16O5S. The summed E-state index contributed by atoms with van der Waals surface area (Å²) in [6.45, 7) is 2.50. The second-order valence-electron chi connectivity index (χ2n) is 2.50. The maximum Gasteiger partial charge on any atom is 0.293 e. The first-order chi connectivity index (χ1) is 6.12. The molecule has 13 heavy (non-hydrogen) atoms. The Bertz CT molecular complexity index is 199. The number of methoxy groups -OCH3 is 1. The van der Waals surface area contributed by atoms with Crippen LogP contribution in [0.1, 0.15) is 19.8 Å². The van der Waals surface area contributed by atoms with Gasteiger partial charge in [0.05, 0.1) is 12.4 Å². The van der Waals surface area contributed by atoms with Crippen LogP contribution >= 0.6 is 0 Å². The molecule has 0 amide bonds. The summed E-state index contributed by atoms with van der Waals surface area (Å²) in [4.78, 5) is 4.49. The highest BCUT2D eigenvalue weighted by Gasteiger charge is 2.09. The van der Waals surface area contributed by atoms with Gasteiger partial charge in [0.15, 0.2) is 0 Å². The van der Waals surface area contributed by atoms with Crippen LogP contribution in [-0.4, -0.2) is 34.5 Å². The summed E-state index contributed by atoms with van der Waals surface area (Å²) in [6, 6.07) is 0. The lowest BCUT2D eigenvalue weighted by atomic mass is 10.5. The van der Waals surface area contributed by atoms with E-state index in [4.69, 9.17) is 4.74 Å². The Balaban J connectivity index is 3.41. The molecule has 0 bridgehead atoms. The molecule has 0 aliphatic carbocycles. The van der Waals surface area contributed by atoms with Crippen molar-refractivity contribution in [1.29, 1.82) is 0 Å². The maximum absolute atomic E-state index is 10.9. The molecule has 0 heterocycles. The molecule has 0 spiro atoms. The van der Waals surface area contributed by atoms with Gasteiger partial charge in [-0.05, 0) is 12.8 Å². The molecule has 0 aromatic heterocycles. The second kappa shape index (κ2) is 7.25. The van der Waals surface area contributed by atoms with E-state index in [-0.39, 0.29) is 12.4 Å². The lowest BCUT2D eigenvalue weighted by molar-refractivity contribution is -0.203. The van der Waals surface area contributed by atoms with Crippen LogP contribution in [-0.2, 0) is 24.1 Å². The molecule has 0 aromatic carbocycles. The summed E-state index contributed by atoms with van der Waals surface area (Å²) in [5.74, 6) is -0.0166. The highest BCUT2D eigenvalue weighted by molar-refractivity contribution is 7.86. The Morgan fingerprint density at radius 1 is 1.23 bits per heavy atom. The van der Waals surface area contributed by atoms with E-state index in [1.807, 2.05) is 0 Å². The lowest BCUT2D eigenvalue weighted by Gasteiger charge is -2.02. The molecule has 0 atom stereocenters. The standard InChI is InChI=1S/C7H16O5S/c1-3-7-13(8,9)12-11-6-4-5-10-2/h3-7H2,1-2H3. The van der Waals surface area contributed by atoms with Crippen molar-refractivity contribution in [1.82, 2.24) is 0 Å². The van der Waals surface area contributed by atoms with Crippen molar-refractivity contribution < 1.29 is 22.4 Å². The van der Waals surface area contributed by atoms with E-state index in [1.165, 1.54) is 0 Å². The van der Waals surface area contributed by atoms with Gasteiger partial charge in [-0.15, -0.1) is 4.33 Å². The number of hydrogen-bond acceptors (Lipinski definition) is 5. The van der Waals surface area contributed by atoms with Crippen LogP contribution in [0.5, 0.6) is 0 Å². The first kappa shape index (κ1) is 12.8. The minimum Gasteiger partial charge on any atom is -0.385 e. The molecule has 6 heteroatoms. The molecule has 0 unspecified atom stereocenters. The summed E-state index contributed by atoms with van der Waals surface area (Å²) in [5.41, 5.74) is 0. The van der Waals surface area contributed by atoms with Crippen molar-refractivity contribution in [3.8, 4) is 0 Å². The smallest absolute Gasteiger partial charge is 0.293 e. The van der Waals surface area contributed by atoms with Crippen LogP contribution in [0.4, 0.5) is 0 Å². The molecule has 0 fully saturated rings. The van der Waals surface area contributed by atoms with Crippen LogP contribution in [0.3, 0.4) is 0 Å². The number of ether oxygens (including phenoxy) is 1. The molecule has 5 nitrogen and oxygen atoms in total. The van der Waals surface area contributed by atoms with Crippen LogP contribution in [0.25, 0.3) is 0 Å². The Morgan fingerprint density at radius 2 is 1.92 bits per heavy atom. The Labute approximate surface area is 79.0 Å². The highest BCUT2D eigenvalue weighted by Crippen LogP contribution is 1.97. The number of hydrogen-bond donors (Lipinski definition) is 0. The Kier molecular flexibility index (Phi) is 7.16. The molecule has 0 aliphatic heterocycles. The molecule has 0 N–H and O–H groups in total. The minimum atomic E-state index is -3.48. The summed E-state index contributed by atoms with van der Waals surface area (Å²) in [7, 11) is -1.92. The van der Waals surface area contributed by atoms with Gasteiger partial charge >= 0.3 is 0 Å². The topological polar surface area (TPSA) is 61.8 Å². The van der Waals surface area contributed by atoms with Gasteiger partial charge in [0.25, 0.3) is 10.1 Å². The van der Waals surface area contributed by atoms with Crippen molar-refractivity contribution in [3.63, 3.8) is 0 Å². The molecule has 0 aliphatic rings. The summed E-state index contributed by atoms with van der Waals surface area (Å²) < 4.78 is 30.7. The van der Waals surface area contributed by atoms with Crippen LogP contribution in [0.15, 0.2) is 0 Å². The molecule has 0 saturated carbocycles. The average molecular weight is 212 g/mol. The molecule has 0 aromatic rings. The zero-order valence-corrected chi connectivity index (χ0v) is 8.80. The fraction of sp³-hybridized carbons (Fsp3) is 1.00. The first-order valence-corrected chi connectivity index (χ1v) is 5.73. The predicted molar refractivity (Wildman–Crippen MR) is 47.6 cm³/mol. The minimum absolute atomic E-state index is 0.0166. The third kappa shape index (κ3) is 8.17. The monoisotopic (exact) mass is 212 g/mol. The summed E-state index contributed by atoms with van der Waals surface area (Å²) in [6.07, 6.45) is 1.13. The predicted octanol–water partition coefficient (Wildman–Crippen LogP) is 0.711. The zero-order chi connectivity index (χ0) is 10.2. The van der Waals surface area contributed by atoms with Gasteiger partial charge in [-0.3, -0.25) is 0 Å². The fourth-order valence-corrected chi connectivity index (χ4v) is 1.44. The average Bonchev–Trinajstić information content (AvgIpc) is 2.04. The largest absolute Gasteiger partial charge is 0.385 e. The van der Waals surface area contributed by atoms with Crippen molar-refractivity contribution in [3.05, 3.63) is 0 Å². The molecule has 80 valence electrons. The zero-order valence-electron chi connectivity index (χ0n) is 7.99. The van der Waals surface area contributed by atoms with Gasteiger partial charge in [-0.2, -0.15) is 8.42 Å². The summed E-state index contributed by atoms with van der Waals surface area (Å²) in [5, 5.41) is 0. The first-order valence-electron chi connectivity index (χ1n) is 4.15. The third-order valence-corrected chi connectivity index (χ3v) is 2.39. The van der Waals surface area contributed by atoms with Crippen LogP contribution in [0, 0.1) is 0 Å². The van der Waals surface area contributed by atoms with Crippen molar-refractivity contribution in [2.24, 2.45) is 0 Å². The maximum atomic E-state index is 10.9. The molecule has 0 saturated heterocycles. The van der Waals surface area contributed by atoms with Gasteiger partial charge in [-0.25, -0.2) is 4.89 Å². The van der Waals surface area contributed by atoms with E-state index in [9.17, 15) is 8.42 Å². The Hall–Kier alpha value is -0.170. The second-order valence-corrected chi connectivity index (χ2v) is 4.16. The summed E-state index contributed by atoms with van der Waals surface area (Å²) >= 11 is 0. The van der Waals surface area contributed by atoms with Gasteiger partial charge in [-0.1, -0.05) is 6.92 Å². The van der Waals surface area contributed by atoms with Gasteiger partial charge < -0.3 is 4.74 Å².